The highest BCUT2D eigenvalue weighted by atomic mass is 32.1. The molecule has 2 fully saturated rings. The largest absolute Gasteiger partial charge is 0.470 e. The molecule has 9 nitrogen and oxygen atoms in total. The highest BCUT2D eigenvalue weighted by Gasteiger charge is 2.27. The van der Waals surface area contributed by atoms with Crippen molar-refractivity contribution >= 4 is 44.1 Å². The maximum absolute atomic E-state index is 13.9. The van der Waals surface area contributed by atoms with E-state index in [1.807, 2.05) is 63.1 Å². The standard InChI is InChI=1S/C32H32N6O3S/c39-31(37-15-9-24(10-16-37)38-14-6-11-34-38)22-17-23-20-33-29(41-21-30-35-27-7-2-3-8-28(27)42-30)19-25(23)26(18-22)32(40)36-12-4-1-5-13-36/h2-3,6-8,11,14,17-20,24H,1,4-5,9-10,12-13,15-16,21H2. The van der Waals surface area contributed by atoms with Gasteiger partial charge in [0, 0.05) is 72.7 Å². The number of para-hydroxylation sites is 1. The van der Waals surface area contributed by atoms with Crippen molar-refractivity contribution in [2.45, 2.75) is 44.8 Å². The molecule has 0 unspecified atom stereocenters. The Bertz CT molecular complexity index is 1700. The molecule has 0 saturated carbocycles. The van der Waals surface area contributed by atoms with Gasteiger partial charge in [0.1, 0.15) is 11.6 Å². The first kappa shape index (κ1) is 26.6. The summed E-state index contributed by atoms with van der Waals surface area (Å²) in [5, 5.41) is 6.73. The molecule has 42 heavy (non-hydrogen) atoms. The van der Waals surface area contributed by atoms with Crippen LogP contribution in [0.4, 0.5) is 0 Å². The number of amides is 2. The van der Waals surface area contributed by atoms with Crippen LogP contribution in [-0.2, 0) is 6.61 Å². The highest BCUT2D eigenvalue weighted by molar-refractivity contribution is 7.18. The first-order valence-corrected chi connectivity index (χ1v) is 15.4. The summed E-state index contributed by atoms with van der Waals surface area (Å²) in [6.07, 6.45) is 10.3. The molecule has 2 aliphatic heterocycles. The molecule has 0 aliphatic carbocycles. The first-order chi connectivity index (χ1) is 20.6. The van der Waals surface area contributed by atoms with E-state index >= 15 is 0 Å². The van der Waals surface area contributed by atoms with E-state index in [0.29, 0.717) is 36.1 Å². The van der Waals surface area contributed by atoms with Crippen molar-refractivity contribution in [1.82, 2.24) is 29.5 Å². The maximum atomic E-state index is 13.9. The number of ether oxygens (including phenoxy) is 1. The van der Waals surface area contributed by atoms with Gasteiger partial charge in [0.15, 0.2) is 0 Å². The second-order valence-corrected chi connectivity index (χ2v) is 12.1. The Morgan fingerprint density at radius 1 is 0.929 bits per heavy atom. The number of pyridine rings is 1. The van der Waals surface area contributed by atoms with Gasteiger partial charge in [-0.2, -0.15) is 5.10 Å². The monoisotopic (exact) mass is 580 g/mol. The van der Waals surface area contributed by atoms with Crippen LogP contribution in [0.25, 0.3) is 21.0 Å². The first-order valence-electron chi connectivity index (χ1n) is 14.6. The number of likely N-dealkylation sites (tertiary alicyclic amines) is 2. The molecule has 0 N–H and O–H groups in total. The third-order valence-corrected chi connectivity index (χ3v) is 9.27. The maximum Gasteiger partial charge on any atom is 0.254 e. The SMILES string of the molecule is O=C(c1cc(C(=O)N2CCCCC2)c2cc(OCc3nc4ccccc4s3)ncc2c1)N1CCC(n2cccn2)CC1. The molecule has 2 amide bonds. The molecule has 5 heterocycles. The number of hydrogen-bond acceptors (Lipinski definition) is 7. The van der Waals surface area contributed by atoms with Crippen LogP contribution in [0.1, 0.15) is 63.9 Å². The van der Waals surface area contributed by atoms with Crippen molar-refractivity contribution in [3.63, 3.8) is 0 Å². The van der Waals surface area contributed by atoms with Crippen LogP contribution in [0.5, 0.6) is 5.88 Å². The molecule has 7 rings (SSSR count). The van der Waals surface area contributed by atoms with Gasteiger partial charge in [-0.25, -0.2) is 9.97 Å². The molecule has 0 radical (unpaired) electrons. The molecule has 5 aromatic rings. The van der Waals surface area contributed by atoms with E-state index in [4.69, 9.17) is 4.74 Å². The fourth-order valence-electron chi connectivity index (χ4n) is 6.01. The topological polar surface area (TPSA) is 93.5 Å². The van der Waals surface area contributed by atoms with Gasteiger partial charge in [-0.05, 0) is 62.4 Å². The second-order valence-electron chi connectivity index (χ2n) is 11.0. The summed E-state index contributed by atoms with van der Waals surface area (Å²) in [7, 11) is 0. The fourth-order valence-corrected chi connectivity index (χ4v) is 6.89. The summed E-state index contributed by atoms with van der Waals surface area (Å²) < 4.78 is 9.15. The molecular formula is C32H32N6O3S. The minimum Gasteiger partial charge on any atom is -0.470 e. The number of hydrogen-bond donors (Lipinski definition) is 0. The fraction of sp³-hybridized carbons (Fsp3) is 0.344. The molecular weight excluding hydrogens is 548 g/mol. The van der Waals surface area contributed by atoms with Crippen LogP contribution in [0.15, 0.2) is 67.1 Å². The summed E-state index contributed by atoms with van der Waals surface area (Å²) in [6, 6.07) is 15.7. The van der Waals surface area contributed by atoms with E-state index in [-0.39, 0.29) is 18.4 Å². The van der Waals surface area contributed by atoms with Gasteiger partial charge in [0.2, 0.25) is 5.88 Å². The molecule has 0 spiro atoms. The summed E-state index contributed by atoms with van der Waals surface area (Å²) in [6.45, 7) is 3.04. The van der Waals surface area contributed by atoms with Gasteiger partial charge in [-0.15, -0.1) is 11.3 Å². The molecule has 2 aromatic carbocycles. The smallest absolute Gasteiger partial charge is 0.254 e. The van der Waals surface area contributed by atoms with Crippen molar-refractivity contribution in [2.75, 3.05) is 26.2 Å². The lowest BCUT2D eigenvalue weighted by molar-refractivity contribution is 0.0690. The number of benzene rings is 2. The third kappa shape index (κ3) is 5.34. The Balaban J connectivity index is 1.16. The average Bonchev–Trinajstić information content (AvgIpc) is 3.74. The third-order valence-electron chi connectivity index (χ3n) is 8.26. The van der Waals surface area contributed by atoms with Crippen molar-refractivity contribution in [3.8, 4) is 5.88 Å². The van der Waals surface area contributed by atoms with Crippen LogP contribution < -0.4 is 4.74 Å². The van der Waals surface area contributed by atoms with Crippen molar-refractivity contribution in [2.24, 2.45) is 0 Å². The average molecular weight is 581 g/mol. The molecule has 10 heteroatoms. The Kier molecular flexibility index (Phi) is 7.29. The molecule has 2 aliphatic rings. The van der Waals surface area contributed by atoms with E-state index in [9.17, 15) is 9.59 Å². The Morgan fingerprint density at radius 3 is 2.52 bits per heavy atom. The second kappa shape index (κ2) is 11.5. The Morgan fingerprint density at radius 2 is 1.74 bits per heavy atom. The number of fused-ring (bicyclic) bond motifs is 2. The number of carbonyl (C=O) groups is 2. The normalized spacial score (nSPS) is 16.3. The minimum atomic E-state index is -0.0559. The van der Waals surface area contributed by atoms with Crippen molar-refractivity contribution in [1.29, 1.82) is 0 Å². The molecule has 0 atom stereocenters. The lowest BCUT2D eigenvalue weighted by Crippen LogP contribution is -2.39. The zero-order chi connectivity index (χ0) is 28.5. The summed E-state index contributed by atoms with van der Waals surface area (Å²) >= 11 is 1.59. The number of rotatable bonds is 6. The molecule has 3 aromatic heterocycles. The van der Waals surface area contributed by atoms with Crippen LogP contribution >= 0.6 is 11.3 Å². The number of aromatic nitrogens is 4. The lowest BCUT2D eigenvalue weighted by atomic mass is 9.98. The summed E-state index contributed by atoms with van der Waals surface area (Å²) in [5.74, 6) is 0.323. The van der Waals surface area contributed by atoms with E-state index in [2.05, 4.69) is 15.1 Å². The minimum absolute atomic E-state index is 0.0462. The zero-order valence-corrected chi connectivity index (χ0v) is 24.1. The molecule has 2 saturated heterocycles. The van der Waals surface area contributed by atoms with E-state index in [1.54, 1.807) is 29.8 Å². The summed E-state index contributed by atoms with van der Waals surface area (Å²) in [5.41, 5.74) is 1.99. The molecule has 0 bridgehead atoms. The van der Waals surface area contributed by atoms with Gasteiger partial charge in [0.05, 0.1) is 16.3 Å². The highest BCUT2D eigenvalue weighted by Crippen LogP contribution is 2.30. The van der Waals surface area contributed by atoms with Crippen molar-refractivity contribution < 1.29 is 14.3 Å². The Hall–Kier alpha value is -4.31. The predicted molar refractivity (Wildman–Crippen MR) is 162 cm³/mol. The van der Waals surface area contributed by atoms with Crippen LogP contribution in [-0.4, -0.2) is 67.5 Å². The molecule has 214 valence electrons. The van der Waals surface area contributed by atoms with E-state index in [0.717, 1.165) is 71.2 Å². The van der Waals surface area contributed by atoms with Crippen LogP contribution in [0.2, 0.25) is 0 Å². The number of nitrogens with zero attached hydrogens (tertiary/aromatic N) is 6. The number of piperidine rings is 2. The number of thiazole rings is 1. The summed E-state index contributed by atoms with van der Waals surface area (Å²) in [4.78, 5) is 40.5. The quantitative estimate of drug-likeness (QED) is 0.255. The lowest BCUT2D eigenvalue weighted by Gasteiger charge is -2.32. The van der Waals surface area contributed by atoms with Crippen molar-refractivity contribution in [3.05, 3.63) is 83.3 Å². The van der Waals surface area contributed by atoms with Gasteiger partial charge >= 0.3 is 0 Å². The van der Waals surface area contributed by atoms with Crippen LogP contribution in [0, 0.1) is 0 Å². The van der Waals surface area contributed by atoms with Gasteiger partial charge < -0.3 is 14.5 Å². The zero-order valence-electron chi connectivity index (χ0n) is 23.3. The van der Waals surface area contributed by atoms with E-state index in [1.165, 1.54) is 0 Å². The predicted octanol–water partition coefficient (Wildman–Crippen LogP) is 5.72. The van der Waals surface area contributed by atoms with Gasteiger partial charge in [0.25, 0.3) is 11.8 Å². The number of carbonyl (C=O) groups excluding carboxylic acids is 2. The van der Waals surface area contributed by atoms with E-state index < -0.39 is 0 Å². The van der Waals surface area contributed by atoms with Crippen LogP contribution in [0.3, 0.4) is 0 Å². The van der Waals surface area contributed by atoms with Gasteiger partial charge in [-0.3, -0.25) is 14.3 Å². The van der Waals surface area contributed by atoms with Gasteiger partial charge in [-0.1, -0.05) is 12.1 Å². The Labute approximate surface area is 247 Å².